The first-order chi connectivity index (χ1) is 12.0. The summed E-state index contributed by atoms with van der Waals surface area (Å²) in [5.41, 5.74) is 2.84. The average molecular weight is 342 g/mol. The number of carbonyl (C=O) groups is 1. The summed E-state index contributed by atoms with van der Waals surface area (Å²) in [7, 11) is 0. The van der Waals surface area contributed by atoms with Crippen LogP contribution >= 0.6 is 0 Å². The molecule has 0 heterocycles. The topological polar surface area (TPSA) is 61.4 Å². The highest BCUT2D eigenvalue weighted by Crippen LogP contribution is 2.42. The van der Waals surface area contributed by atoms with Gasteiger partial charge in [-0.3, -0.25) is 0 Å². The summed E-state index contributed by atoms with van der Waals surface area (Å²) in [6, 6.07) is 11.8. The minimum Gasteiger partial charge on any atom is -0.465 e. The Labute approximate surface area is 150 Å². The van der Waals surface area contributed by atoms with Crippen molar-refractivity contribution in [1.29, 1.82) is 0 Å². The van der Waals surface area contributed by atoms with Crippen molar-refractivity contribution in [2.45, 2.75) is 64.1 Å². The van der Waals surface area contributed by atoms with E-state index in [1.54, 1.807) is 5.57 Å². The Kier molecular flexibility index (Phi) is 5.79. The summed E-state index contributed by atoms with van der Waals surface area (Å²) in [5.74, 6) is 1.21. The molecule has 2 unspecified atom stereocenters. The maximum atomic E-state index is 10.7. The van der Waals surface area contributed by atoms with Crippen molar-refractivity contribution < 1.29 is 9.90 Å². The van der Waals surface area contributed by atoms with Crippen molar-refractivity contribution in [2.75, 3.05) is 0 Å². The van der Waals surface area contributed by atoms with Gasteiger partial charge in [-0.05, 0) is 49.5 Å². The summed E-state index contributed by atoms with van der Waals surface area (Å²) < 4.78 is 0. The van der Waals surface area contributed by atoms with Gasteiger partial charge in [-0.25, -0.2) is 4.79 Å². The van der Waals surface area contributed by atoms with Gasteiger partial charge in [-0.1, -0.05) is 55.8 Å². The van der Waals surface area contributed by atoms with Crippen molar-refractivity contribution in [3.63, 3.8) is 0 Å². The lowest BCUT2D eigenvalue weighted by atomic mass is 9.91. The molecule has 0 saturated heterocycles. The molecule has 4 nitrogen and oxygen atoms in total. The number of hydrogen-bond acceptors (Lipinski definition) is 2. The van der Waals surface area contributed by atoms with E-state index in [2.05, 4.69) is 60.9 Å². The molecule has 0 aromatic heterocycles. The van der Waals surface area contributed by atoms with Crippen LogP contribution in [-0.4, -0.2) is 29.3 Å². The van der Waals surface area contributed by atoms with Crippen molar-refractivity contribution in [3.8, 4) is 0 Å². The summed E-state index contributed by atoms with van der Waals surface area (Å²) in [4.78, 5) is 10.7. The van der Waals surface area contributed by atoms with Crippen molar-refractivity contribution >= 4 is 12.2 Å². The van der Waals surface area contributed by atoms with E-state index < -0.39 is 6.09 Å². The zero-order chi connectivity index (χ0) is 17.8. The first-order valence-corrected chi connectivity index (χ1v) is 9.55. The molecular formula is C21H30N2O2. The quantitative estimate of drug-likeness (QED) is 0.723. The standard InChI is InChI=1S/C21H30N2O2/c1-14(2)18(12-15-6-4-3-5-7-15)19-13-20(19)22-16-8-10-17(11-9-16)23-21(24)25/h3-7,12,14,16-17,19-20,22-23H,8-11,13H2,1-2H3,(H,24,25)/b18-12+. The smallest absolute Gasteiger partial charge is 0.404 e. The normalized spacial score (nSPS) is 29.5. The second-order valence-corrected chi connectivity index (χ2v) is 7.82. The molecule has 3 N–H and O–H groups in total. The molecule has 1 amide bonds. The summed E-state index contributed by atoms with van der Waals surface area (Å²) >= 11 is 0. The molecule has 2 fully saturated rings. The molecule has 136 valence electrons. The number of carboxylic acid groups (broad SMARTS) is 1. The Bertz CT molecular complexity index is 604. The van der Waals surface area contributed by atoms with Gasteiger partial charge in [-0.2, -0.15) is 0 Å². The Morgan fingerprint density at radius 3 is 2.36 bits per heavy atom. The van der Waals surface area contributed by atoms with E-state index in [9.17, 15) is 4.79 Å². The second-order valence-electron chi connectivity index (χ2n) is 7.82. The predicted molar refractivity (Wildman–Crippen MR) is 101 cm³/mol. The summed E-state index contributed by atoms with van der Waals surface area (Å²) in [6.45, 7) is 4.57. The number of nitrogens with one attached hydrogen (secondary N) is 2. The monoisotopic (exact) mass is 342 g/mol. The molecule has 0 bridgehead atoms. The van der Waals surface area contributed by atoms with Crippen molar-refractivity contribution in [2.24, 2.45) is 11.8 Å². The van der Waals surface area contributed by atoms with Crippen molar-refractivity contribution in [3.05, 3.63) is 41.5 Å². The number of rotatable bonds is 6. The van der Waals surface area contributed by atoms with Gasteiger partial charge >= 0.3 is 6.09 Å². The van der Waals surface area contributed by atoms with Crippen LogP contribution in [0.2, 0.25) is 0 Å². The zero-order valence-electron chi connectivity index (χ0n) is 15.2. The van der Waals surface area contributed by atoms with Crippen LogP contribution in [0.15, 0.2) is 35.9 Å². The lowest BCUT2D eigenvalue weighted by Crippen LogP contribution is -2.42. The van der Waals surface area contributed by atoms with Crippen LogP contribution in [0.25, 0.3) is 6.08 Å². The third kappa shape index (κ3) is 5.08. The molecule has 3 rings (SSSR count). The van der Waals surface area contributed by atoms with E-state index in [4.69, 9.17) is 5.11 Å². The number of hydrogen-bond donors (Lipinski definition) is 3. The molecule has 2 atom stereocenters. The molecule has 0 aliphatic heterocycles. The molecule has 2 saturated carbocycles. The molecule has 4 heteroatoms. The minimum absolute atomic E-state index is 0.134. The van der Waals surface area contributed by atoms with Crippen LogP contribution in [0.1, 0.15) is 51.5 Å². The molecule has 25 heavy (non-hydrogen) atoms. The second kappa shape index (κ2) is 8.05. The molecule has 0 radical (unpaired) electrons. The predicted octanol–water partition coefficient (Wildman–Crippen LogP) is 4.28. The van der Waals surface area contributed by atoms with E-state index in [-0.39, 0.29) is 6.04 Å². The summed E-state index contributed by atoms with van der Waals surface area (Å²) in [6.07, 6.45) is 6.71. The molecule has 1 aromatic carbocycles. The lowest BCUT2D eigenvalue weighted by Gasteiger charge is -2.29. The maximum Gasteiger partial charge on any atom is 0.404 e. The van der Waals surface area contributed by atoms with Gasteiger partial charge in [0, 0.05) is 18.1 Å². The van der Waals surface area contributed by atoms with Crippen molar-refractivity contribution in [1.82, 2.24) is 10.6 Å². The van der Waals surface area contributed by atoms with Gasteiger partial charge in [0.25, 0.3) is 0 Å². The fourth-order valence-electron chi connectivity index (χ4n) is 4.07. The molecule has 2 aliphatic carbocycles. The van der Waals surface area contributed by atoms with E-state index >= 15 is 0 Å². The maximum absolute atomic E-state index is 10.7. The highest BCUT2D eigenvalue weighted by atomic mass is 16.4. The highest BCUT2D eigenvalue weighted by Gasteiger charge is 2.41. The van der Waals surface area contributed by atoms with Gasteiger partial charge in [0.15, 0.2) is 0 Å². The first kappa shape index (κ1) is 18.0. The zero-order valence-corrected chi connectivity index (χ0v) is 15.2. The Morgan fingerprint density at radius 2 is 1.76 bits per heavy atom. The van der Waals surface area contributed by atoms with E-state index in [1.807, 2.05) is 0 Å². The highest BCUT2D eigenvalue weighted by molar-refractivity contribution is 5.64. The summed E-state index contributed by atoms with van der Waals surface area (Å²) in [5, 5.41) is 15.3. The Morgan fingerprint density at radius 1 is 1.12 bits per heavy atom. The number of amides is 1. The van der Waals surface area contributed by atoms with Crippen LogP contribution in [0.5, 0.6) is 0 Å². The van der Waals surface area contributed by atoms with Gasteiger partial charge in [-0.15, -0.1) is 0 Å². The number of benzene rings is 1. The van der Waals surface area contributed by atoms with Crippen LogP contribution in [0.4, 0.5) is 4.79 Å². The molecule has 0 spiro atoms. The van der Waals surface area contributed by atoms with Crippen LogP contribution in [0.3, 0.4) is 0 Å². The van der Waals surface area contributed by atoms with Gasteiger partial charge in [0.05, 0.1) is 0 Å². The largest absolute Gasteiger partial charge is 0.465 e. The van der Waals surface area contributed by atoms with E-state index in [0.717, 1.165) is 25.7 Å². The first-order valence-electron chi connectivity index (χ1n) is 9.55. The van der Waals surface area contributed by atoms with Gasteiger partial charge in [0.2, 0.25) is 0 Å². The molecular weight excluding hydrogens is 312 g/mol. The van der Waals surface area contributed by atoms with Gasteiger partial charge in [0.1, 0.15) is 0 Å². The Hall–Kier alpha value is -1.81. The SMILES string of the molecule is CC(C)/C(=C\c1ccccc1)C1CC1NC1CCC(NC(=O)O)CC1. The molecule has 2 aliphatic rings. The minimum atomic E-state index is -0.897. The lowest BCUT2D eigenvalue weighted by molar-refractivity contribution is 0.183. The molecule has 1 aromatic rings. The third-order valence-electron chi connectivity index (χ3n) is 5.52. The van der Waals surface area contributed by atoms with Crippen LogP contribution in [-0.2, 0) is 0 Å². The van der Waals surface area contributed by atoms with Gasteiger partial charge < -0.3 is 15.7 Å². The fraction of sp³-hybridized carbons (Fsp3) is 0.571. The fourth-order valence-corrected chi connectivity index (χ4v) is 4.07. The van der Waals surface area contributed by atoms with E-state index in [0.29, 0.717) is 23.9 Å². The van der Waals surface area contributed by atoms with Crippen LogP contribution < -0.4 is 10.6 Å². The Balaban J connectivity index is 1.52. The van der Waals surface area contributed by atoms with Crippen LogP contribution in [0, 0.1) is 11.8 Å². The average Bonchev–Trinajstić information content (AvgIpc) is 3.33. The van der Waals surface area contributed by atoms with E-state index in [1.165, 1.54) is 12.0 Å². The third-order valence-corrected chi connectivity index (χ3v) is 5.52.